The Morgan fingerprint density at radius 3 is 2.93 bits per heavy atom. The fourth-order valence-corrected chi connectivity index (χ4v) is 9.73. The van der Waals surface area contributed by atoms with Gasteiger partial charge in [0.25, 0.3) is 0 Å². The molecule has 6 aliphatic rings. The Morgan fingerprint density at radius 2 is 2.04 bits per heavy atom. The molecule has 5 fully saturated rings. The maximum Gasteiger partial charge on any atom is 0.319 e. The number of pyridine rings is 1. The van der Waals surface area contributed by atoms with Gasteiger partial charge >= 0.3 is 6.01 Å². The largest absolute Gasteiger partial charge is 0.472 e. The molecule has 1 saturated carbocycles. The van der Waals surface area contributed by atoms with Crippen LogP contribution in [0.1, 0.15) is 44.6 Å². The summed E-state index contributed by atoms with van der Waals surface area (Å²) in [6.07, 6.45) is 11.1. The van der Waals surface area contributed by atoms with Crippen LogP contribution in [0, 0.1) is 35.8 Å². The summed E-state index contributed by atoms with van der Waals surface area (Å²) in [6.45, 7) is 5.48. The number of hydrogen-bond donors (Lipinski definition) is 1. The zero-order chi connectivity index (χ0) is 30.9. The number of piperidine rings is 1. The van der Waals surface area contributed by atoms with Gasteiger partial charge in [-0.15, -0.1) is 6.42 Å². The SMILES string of the molecule is C#Cc1c(F)ccc2cccc(-c3nc4c5c(nc(OC[C@@]67CCCN6C[C@H]6C[C@H]67)nc5c3F)N3C[C@H]5CC[C@H](N5)[C@H]3[C@H](C)O4)c12. The minimum atomic E-state index is -0.636. The molecule has 46 heavy (non-hydrogen) atoms. The van der Waals surface area contributed by atoms with E-state index in [2.05, 4.69) is 21.0 Å². The topological polar surface area (TPSA) is 75.6 Å². The van der Waals surface area contributed by atoms with Gasteiger partial charge in [0.05, 0.1) is 17.1 Å². The van der Waals surface area contributed by atoms with Crippen LogP contribution in [0.5, 0.6) is 11.9 Å². The molecule has 10 heteroatoms. The number of fused-ring (bicyclic) bond motifs is 9. The molecule has 1 aliphatic carbocycles. The lowest BCUT2D eigenvalue weighted by atomic mass is 9.92. The summed E-state index contributed by atoms with van der Waals surface area (Å²) in [5.41, 5.74) is 0.558. The summed E-state index contributed by atoms with van der Waals surface area (Å²) in [5, 5.41) is 5.31. The van der Waals surface area contributed by atoms with Gasteiger partial charge in [-0.2, -0.15) is 9.97 Å². The van der Waals surface area contributed by atoms with Gasteiger partial charge in [-0.1, -0.05) is 30.2 Å². The number of anilines is 1. The highest BCUT2D eigenvalue weighted by atomic mass is 19.1. The molecule has 5 aliphatic heterocycles. The summed E-state index contributed by atoms with van der Waals surface area (Å²) in [7, 11) is 0. The molecule has 0 amide bonds. The van der Waals surface area contributed by atoms with Crippen LogP contribution in [0.25, 0.3) is 32.9 Å². The van der Waals surface area contributed by atoms with Gasteiger partial charge in [-0.3, -0.25) is 4.90 Å². The number of benzene rings is 2. The van der Waals surface area contributed by atoms with E-state index in [1.165, 1.54) is 12.5 Å². The molecular formula is C36H34F2N6O2. The Hall–Kier alpha value is -4.07. The fraction of sp³-hybridized carbons (Fsp3) is 0.472. The first-order chi connectivity index (χ1) is 22.4. The van der Waals surface area contributed by atoms with E-state index in [-0.39, 0.29) is 52.4 Å². The Morgan fingerprint density at radius 1 is 1.13 bits per heavy atom. The normalized spacial score (nSPS) is 32.1. The van der Waals surface area contributed by atoms with E-state index in [0.717, 1.165) is 51.2 Å². The average molecular weight is 621 g/mol. The third-order valence-electron chi connectivity index (χ3n) is 11.8. The van der Waals surface area contributed by atoms with Crippen molar-refractivity contribution in [2.45, 2.75) is 68.8 Å². The second-order valence-electron chi connectivity index (χ2n) is 14.2. The minimum absolute atomic E-state index is 0.00898. The number of ether oxygens (including phenoxy) is 2. The van der Waals surface area contributed by atoms with Crippen molar-refractivity contribution in [3.63, 3.8) is 0 Å². The maximum atomic E-state index is 17.1. The second-order valence-corrected chi connectivity index (χ2v) is 14.2. The number of terminal acetylenes is 1. The van der Waals surface area contributed by atoms with Crippen molar-refractivity contribution in [1.82, 2.24) is 25.2 Å². The average Bonchev–Trinajstić information content (AvgIpc) is 3.44. The van der Waals surface area contributed by atoms with Crippen LogP contribution in [0.4, 0.5) is 14.6 Å². The summed E-state index contributed by atoms with van der Waals surface area (Å²) in [5.74, 6) is 3.57. The molecule has 0 spiro atoms. The third kappa shape index (κ3) is 3.64. The number of nitrogens with one attached hydrogen (secondary N) is 1. The summed E-state index contributed by atoms with van der Waals surface area (Å²) < 4.78 is 45.2. The first-order valence-corrected chi connectivity index (χ1v) is 16.6. The smallest absolute Gasteiger partial charge is 0.319 e. The lowest BCUT2D eigenvalue weighted by Crippen LogP contribution is -2.62. The zero-order valence-electron chi connectivity index (χ0n) is 25.6. The molecule has 8 nitrogen and oxygen atoms in total. The maximum absolute atomic E-state index is 17.1. The summed E-state index contributed by atoms with van der Waals surface area (Å²) >= 11 is 0. The molecular weight excluding hydrogens is 586 g/mol. The minimum Gasteiger partial charge on any atom is -0.472 e. The third-order valence-corrected chi connectivity index (χ3v) is 11.8. The highest BCUT2D eigenvalue weighted by Crippen LogP contribution is 2.59. The number of halogens is 2. The molecule has 0 unspecified atom stereocenters. The highest BCUT2D eigenvalue weighted by molar-refractivity contribution is 6.03. The van der Waals surface area contributed by atoms with Crippen LogP contribution in [-0.4, -0.2) is 75.9 Å². The second kappa shape index (κ2) is 9.49. The number of aromatic nitrogens is 3. The number of nitrogens with zero attached hydrogens (tertiary/aromatic N) is 5. The van der Waals surface area contributed by atoms with Gasteiger partial charge in [0.15, 0.2) is 5.82 Å². The van der Waals surface area contributed by atoms with E-state index < -0.39 is 11.6 Å². The van der Waals surface area contributed by atoms with Crippen LogP contribution >= 0.6 is 0 Å². The van der Waals surface area contributed by atoms with Crippen molar-refractivity contribution in [3.8, 4) is 35.5 Å². The summed E-state index contributed by atoms with van der Waals surface area (Å²) in [4.78, 5) is 19.5. The van der Waals surface area contributed by atoms with Crippen LogP contribution in [-0.2, 0) is 0 Å². The van der Waals surface area contributed by atoms with Gasteiger partial charge in [0, 0.05) is 36.1 Å². The van der Waals surface area contributed by atoms with Crippen molar-refractivity contribution in [2.24, 2.45) is 11.8 Å². The molecule has 0 radical (unpaired) electrons. The van der Waals surface area contributed by atoms with Crippen LogP contribution in [0.15, 0.2) is 30.3 Å². The fourth-order valence-electron chi connectivity index (χ4n) is 9.73. The number of piperazine rings is 1. The van der Waals surface area contributed by atoms with Gasteiger partial charge in [0.2, 0.25) is 5.88 Å². The van der Waals surface area contributed by atoms with Gasteiger partial charge < -0.3 is 19.7 Å². The van der Waals surface area contributed by atoms with E-state index in [0.29, 0.717) is 46.1 Å². The predicted octanol–water partition coefficient (Wildman–Crippen LogP) is 5.06. The molecule has 10 rings (SSSR count). The molecule has 7 atom stereocenters. The zero-order valence-corrected chi connectivity index (χ0v) is 25.6. The van der Waals surface area contributed by atoms with Crippen LogP contribution < -0.4 is 19.7 Å². The first-order valence-electron chi connectivity index (χ1n) is 16.6. The van der Waals surface area contributed by atoms with Crippen molar-refractivity contribution in [3.05, 3.63) is 47.5 Å². The Balaban J connectivity index is 1.18. The van der Waals surface area contributed by atoms with E-state index in [1.807, 2.05) is 13.0 Å². The van der Waals surface area contributed by atoms with Gasteiger partial charge in [-0.05, 0) is 68.9 Å². The van der Waals surface area contributed by atoms with Crippen LogP contribution in [0.3, 0.4) is 0 Å². The molecule has 2 aromatic carbocycles. The van der Waals surface area contributed by atoms with Crippen LogP contribution in [0.2, 0.25) is 0 Å². The molecule has 4 aromatic rings. The molecule has 4 saturated heterocycles. The van der Waals surface area contributed by atoms with E-state index >= 15 is 4.39 Å². The van der Waals surface area contributed by atoms with Crippen molar-refractivity contribution in [2.75, 3.05) is 31.1 Å². The quantitative estimate of drug-likeness (QED) is 0.318. The Labute approximate surface area is 265 Å². The van der Waals surface area contributed by atoms with Crippen molar-refractivity contribution < 1.29 is 18.3 Å². The summed E-state index contributed by atoms with van der Waals surface area (Å²) in [6, 6.07) is 8.98. The van der Waals surface area contributed by atoms with Crippen molar-refractivity contribution >= 4 is 27.5 Å². The molecule has 2 bridgehead atoms. The molecule has 234 valence electrons. The van der Waals surface area contributed by atoms with E-state index in [9.17, 15) is 4.39 Å². The Kier molecular flexibility index (Phi) is 5.59. The first kappa shape index (κ1) is 27.1. The Bertz CT molecular complexity index is 2010. The van der Waals surface area contributed by atoms with Crippen molar-refractivity contribution in [1.29, 1.82) is 0 Å². The lowest BCUT2D eigenvalue weighted by Gasteiger charge is -2.42. The molecule has 7 heterocycles. The van der Waals surface area contributed by atoms with E-state index in [4.69, 9.17) is 30.8 Å². The molecule has 2 aromatic heterocycles. The molecule has 1 N–H and O–H groups in total. The number of rotatable bonds is 4. The number of hydrogen-bond acceptors (Lipinski definition) is 8. The van der Waals surface area contributed by atoms with E-state index in [1.54, 1.807) is 18.2 Å². The van der Waals surface area contributed by atoms with Gasteiger partial charge in [-0.25, -0.2) is 13.8 Å². The lowest BCUT2D eigenvalue weighted by molar-refractivity contribution is 0.0829. The predicted molar refractivity (Wildman–Crippen MR) is 170 cm³/mol. The monoisotopic (exact) mass is 620 g/mol. The van der Waals surface area contributed by atoms with Gasteiger partial charge in [0.1, 0.15) is 40.9 Å². The standard InChI is InChI=1S/C36H34F2N6O2/c1-3-22-25(37)10-8-19-6-4-7-23(27(19)22)30-29(38)31-28-33(44-16-21-9-11-26(39-21)32(44)18(2)46-34(28)40-30)42-35(41-31)45-17-36-12-5-13-43(36)15-20-14-24(20)36/h1,4,6-8,10,18,20-21,24,26,32,39H,5,9,11-17H2,2H3/t18-,20+,21+,24+,26-,32+,36+/m0/s1. The highest BCUT2D eigenvalue weighted by Gasteiger charge is 2.64.